The molecule has 0 saturated carbocycles. The Morgan fingerprint density at radius 2 is 2.09 bits per heavy atom. The van der Waals surface area contributed by atoms with Crippen LogP contribution in [0.15, 0.2) is 30.5 Å². The fourth-order valence-corrected chi connectivity index (χ4v) is 3.11. The first kappa shape index (κ1) is 14.6. The third-order valence-electron chi connectivity index (χ3n) is 4.21. The lowest BCUT2D eigenvalue weighted by molar-refractivity contribution is -0.115. The van der Waals surface area contributed by atoms with E-state index in [1.54, 1.807) is 6.07 Å². The number of benzene rings is 1. The molecule has 116 valence electrons. The van der Waals surface area contributed by atoms with E-state index in [1.165, 1.54) is 0 Å². The van der Waals surface area contributed by atoms with Crippen LogP contribution in [0.25, 0.3) is 0 Å². The van der Waals surface area contributed by atoms with Gasteiger partial charge in [0.2, 0.25) is 5.91 Å². The molecule has 1 saturated heterocycles. The molecule has 1 aromatic rings. The first-order valence-electron chi connectivity index (χ1n) is 7.67. The van der Waals surface area contributed by atoms with Crippen LogP contribution in [0.2, 0.25) is 0 Å². The zero-order chi connectivity index (χ0) is 15.7. The summed E-state index contributed by atoms with van der Waals surface area (Å²) in [7, 11) is 0. The molecule has 0 spiro atoms. The second kappa shape index (κ2) is 5.83. The van der Waals surface area contributed by atoms with Crippen molar-refractivity contribution in [2.24, 2.45) is 0 Å². The number of hydrogen-bond donors (Lipinski definition) is 2. The minimum atomic E-state index is -0.00807. The fraction of sp³-hybridized carbons (Fsp3) is 0.412. The number of amides is 2. The van der Waals surface area contributed by atoms with Crippen molar-refractivity contribution in [1.29, 1.82) is 0 Å². The molecule has 3 rings (SSSR count). The molecule has 0 radical (unpaired) electrons. The third kappa shape index (κ3) is 2.98. The average Bonchev–Trinajstić information content (AvgIpc) is 2.85. The minimum absolute atomic E-state index is 0.00807. The molecule has 0 atom stereocenters. The maximum absolute atomic E-state index is 12.6. The van der Waals surface area contributed by atoms with Crippen molar-refractivity contribution in [3.8, 4) is 0 Å². The Balaban J connectivity index is 1.65. The van der Waals surface area contributed by atoms with E-state index in [0.29, 0.717) is 18.0 Å². The highest BCUT2D eigenvalue weighted by Crippen LogP contribution is 2.25. The molecule has 2 N–H and O–H groups in total. The summed E-state index contributed by atoms with van der Waals surface area (Å²) >= 11 is 0. The standard InChI is InChI=1S/C17H21N3O2/c1-11(2)18-14-5-7-20(8-6-14)17(22)13-4-3-12-10-16(21)19-15(12)9-13/h3-4,9,14,18H,1,5-8,10H2,2H3,(H,19,21). The van der Waals surface area contributed by atoms with Gasteiger partial charge in [0, 0.05) is 36.1 Å². The number of fused-ring (bicyclic) bond motifs is 1. The van der Waals surface area contributed by atoms with E-state index in [0.717, 1.165) is 42.9 Å². The van der Waals surface area contributed by atoms with Gasteiger partial charge in [-0.25, -0.2) is 0 Å². The van der Waals surface area contributed by atoms with E-state index >= 15 is 0 Å². The Kier molecular flexibility index (Phi) is 3.88. The summed E-state index contributed by atoms with van der Waals surface area (Å²) in [6.07, 6.45) is 2.27. The van der Waals surface area contributed by atoms with Crippen LogP contribution in [-0.2, 0) is 11.2 Å². The molecule has 2 aliphatic heterocycles. The van der Waals surface area contributed by atoms with Crippen LogP contribution in [0.3, 0.4) is 0 Å². The van der Waals surface area contributed by atoms with Crippen molar-refractivity contribution in [3.63, 3.8) is 0 Å². The van der Waals surface area contributed by atoms with Gasteiger partial charge in [0.1, 0.15) is 0 Å². The van der Waals surface area contributed by atoms with E-state index in [4.69, 9.17) is 0 Å². The van der Waals surface area contributed by atoms with Gasteiger partial charge >= 0.3 is 0 Å². The van der Waals surface area contributed by atoms with Crippen molar-refractivity contribution >= 4 is 17.5 Å². The van der Waals surface area contributed by atoms with Gasteiger partial charge in [-0.1, -0.05) is 12.6 Å². The van der Waals surface area contributed by atoms with E-state index in [1.807, 2.05) is 24.0 Å². The van der Waals surface area contributed by atoms with Crippen LogP contribution in [0.5, 0.6) is 0 Å². The Labute approximate surface area is 130 Å². The van der Waals surface area contributed by atoms with Gasteiger partial charge in [-0.2, -0.15) is 0 Å². The molecule has 22 heavy (non-hydrogen) atoms. The van der Waals surface area contributed by atoms with Gasteiger partial charge in [0.05, 0.1) is 6.42 Å². The number of carbonyl (C=O) groups is 2. The number of nitrogens with one attached hydrogen (secondary N) is 2. The summed E-state index contributed by atoms with van der Waals surface area (Å²) in [5, 5.41) is 6.13. The van der Waals surface area contributed by atoms with Gasteiger partial charge in [0.15, 0.2) is 0 Å². The Morgan fingerprint density at radius 1 is 1.36 bits per heavy atom. The van der Waals surface area contributed by atoms with E-state index < -0.39 is 0 Å². The Bertz CT molecular complexity index is 631. The highest BCUT2D eigenvalue weighted by atomic mass is 16.2. The quantitative estimate of drug-likeness (QED) is 0.896. The van der Waals surface area contributed by atoms with Crippen LogP contribution in [0.4, 0.5) is 5.69 Å². The number of allylic oxidation sites excluding steroid dienone is 1. The zero-order valence-corrected chi connectivity index (χ0v) is 12.8. The van der Waals surface area contributed by atoms with Crippen molar-refractivity contribution < 1.29 is 9.59 Å². The fourth-order valence-electron chi connectivity index (χ4n) is 3.11. The SMILES string of the molecule is C=C(C)NC1CCN(C(=O)c2ccc3c(c2)NC(=O)C3)CC1. The highest BCUT2D eigenvalue weighted by Gasteiger charge is 2.25. The number of piperidine rings is 1. The molecule has 5 heteroatoms. The Hall–Kier alpha value is -2.30. The molecule has 5 nitrogen and oxygen atoms in total. The smallest absolute Gasteiger partial charge is 0.253 e. The Morgan fingerprint density at radius 3 is 2.77 bits per heavy atom. The molecule has 2 amide bonds. The van der Waals surface area contributed by atoms with Crippen LogP contribution in [0.1, 0.15) is 35.7 Å². The molecular formula is C17H21N3O2. The normalized spacial score (nSPS) is 17.9. The van der Waals surface area contributed by atoms with Crippen LogP contribution >= 0.6 is 0 Å². The van der Waals surface area contributed by atoms with Crippen molar-refractivity contribution in [3.05, 3.63) is 41.6 Å². The average molecular weight is 299 g/mol. The topological polar surface area (TPSA) is 61.4 Å². The van der Waals surface area contributed by atoms with Gasteiger partial charge in [-0.05, 0) is 37.5 Å². The van der Waals surface area contributed by atoms with Gasteiger partial charge < -0.3 is 15.5 Å². The lowest BCUT2D eigenvalue weighted by Gasteiger charge is -2.33. The minimum Gasteiger partial charge on any atom is -0.386 e. The molecule has 0 unspecified atom stereocenters. The van der Waals surface area contributed by atoms with Crippen LogP contribution < -0.4 is 10.6 Å². The molecule has 0 aromatic heterocycles. The lowest BCUT2D eigenvalue weighted by atomic mass is 10.0. The summed E-state index contributed by atoms with van der Waals surface area (Å²) in [6, 6.07) is 5.89. The number of likely N-dealkylation sites (tertiary alicyclic amines) is 1. The van der Waals surface area contributed by atoms with Gasteiger partial charge in [0.25, 0.3) is 5.91 Å². The summed E-state index contributed by atoms with van der Waals surface area (Å²) in [6.45, 7) is 7.31. The number of anilines is 1. The molecule has 0 aliphatic carbocycles. The number of carbonyl (C=O) groups excluding carboxylic acids is 2. The van der Waals surface area contributed by atoms with E-state index in [-0.39, 0.29) is 11.8 Å². The molecule has 1 fully saturated rings. The number of hydrogen-bond acceptors (Lipinski definition) is 3. The van der Waals surface area contributed by atoms with Crippen molar-refractivity contribution in [1.82, 2.24) is 10.2 Å². The second-order valence-corrected chi connectivity index (χ2v) is 6.09. The second-order valence-electron chi connectivity index (χ2n) is 6.09. The first-order valence-corrected chi connectivity index (χ1v) is 7.67. The van der Waals surface area contributed by atoms with Crippen molar-refractivity contribution in [2.75, 3.05) is 18.4 Å². The molecule has 1 aromatic carbocycles. The van der Waals surface area contributed by atoms with Crippen LogP contribution in [-0.4, -0.2) is 35.8 Å². The summed E-state index contributed by atoms with van der Waals surface area (Å²) in [5.41, 5.74) is 3.35. The number of nitrogens with zero attached hydrogens (tertiary/aromatic N) is 1. The predicted octanol–water partition coefficient (Wildman–Crippen LogP) is 1.91. The summed E-state index contributed by atoms with van der Waals surface area (Å²) in [5.74, 6) is 0.0315. The maximum Gasteiger partial charge on any atom is 0.253 e. The predicted molar refractivity (Wildman–Crippen MR) is 85.7 cm³/mol. The molecule has 2 aliphatic rings. The van der Waals surface area contributed by atoms with Crippen molar-refractivity contribution in [2.45, 2.75) is 32.2 Å². The van der Waals surface area contributed by atoms with Gasteiger partial charge in [-0.3, -0.25) is 9.59 Å². The summed E-state index contributed by atoms with van der Waals surface area (Å²) in [4.78, 5) is 25.9. The highest BCUT2D eigenvalue weighted by molar-refractivity contribution is 6.02. The number of rotatable bonds is 3. The van der Waals surface area contributed by atoms with Gasteiger partial charge in [-0.15, -0.1) is 0 Å². The third-order valence-corrected chi connectivity index (χ3v) is 4.21. The molecule has 2 heterocycles. The largest absolute Gasteiger partial charge is 0.386 e. The molecule has 0 bridgehead atoms. The zero-order valence-electron chi connectivity index (χ0n) is 12.8. The maximum atomic E-state index is 12.6. The van der Waals surface area contributed by atoms with E-state index in [2.05, 4.69) is 17.2 Å². The van der Waals surface area contributed by atoms with E-state index in [9.17, 15) is 9.59 Å². The monoisotopic (exact) mass is 299 g/mol. The van der Waals surface area contributed by atoms with Crippen LogP contribution in [0, 0.1) is 0 Å². The lowest BCUT2D eigenvalue weighted by Crippen LogP contribution is -2.44. The first-order chi connectivity index (χ1) is 10.5. The summed E-state index contributed by atoms with van der Waals surface area (Å²) < 4.78 is 0. The molecular weight excluding hydrogens is 278 g/mol.